The summed E-state index contributed by atoms with van der Waals surface area (Å²) in [6.45, 7) is 12.9. The molecule has 4 rings (SSSR count). The van der Waals surface area contributed by atoms with Crippen LogP contribution in [-0.2, 0) is 30.4 Å². The van der Waals surface area contributed by atoms with Crippen molar-refractivity contribution in [1.82, 2.24) is 0 Å². The first-order valence-corrected chi connectivity index (χ1v) is 21.3. The maximum absolute atomic E-state index is 9.54. The van der Waals surface area contributed by atoms with Crippen LogP contribution in [0.25, 0.3) is 0 Å². The second-order valence-electron chi connectivity index (χ2n) is 14.9. The summed E-state index contributed by atoms with van der Waals surface area (Å²) >= 11 is 5.21. The van der Waals surface area contributed by atoms with Gasteiger partial charge in [0, 0.05) is 0 Å². The molecule has 0 unspecified atom stereocenters. The zero-order chi connectivity index (χ0) is 45.9. The third-order valence-corrected chi connectivity index (χ3v) is 10.1. The summed E-state index contributed by atoms with van der Waals surface area (Å²) in [5.74, 6) is 3.79. The Balaban J connectivity index is 0.000000402. The molecule has 0 heterocycles. The van der Waals surface area contributed by atoms with Crippen LogP contribution in [0.15, 0.2) is 85.6 Å². The van der Waals surface area contributed by atoms with Gasteiger partial charge in [-0.1, -0.05) is 58.5 Å². The van der Waals surface area contributed by atoms with Gasteiger partial charge in [0.25, 0.3) is 0 Å². The van der Waals surface area contributed by atoms with Crippen molar-refractivity contribution in [3.63, 3.8) is 0 Å². The van der Waals surface area contributed by atoms with Crippen LogP contribution in [0.1, 0.15) is 49.9 Å². The number of halogens is 1. The number of phenols is 4. The minimum atomic E-state index is -0.107. The Morgan fingerprint density at radius 1 is 0.452 bits per heavy atom. The SMILES string of the molecule is C=COCCCl.C[C@H](Cc1ccc(O)c(O)c1)[C@@H](C)Cc1ccc(O)c(O)c1.C[C@H](Cc1ccc(OCCO)c(OCCO)c1)[C@@H](C)Cc1ccc(OCCO)c(OCCO)c1. The second-order valence-corrected chi connectivity index (χ2v) is 15.3. The number of benzene rings is 4. The topological polar surface area (TPSA) is 208 Å². The van der Waals surface area contributed by atoms with E-state index in [1.165, 1.54) is 18.4 Å². The molecule has 0 amide bonds. The first kappa shape index (κ1) is 53.1. The maximum atomic E-state index is 9.54. The molecular formula is C48H67ClO13. The van der Waals surface area contributed by atoms with E-state index in [1.54, 1.807) is 12.1 Å². The lowest BCUT2D eigenvalue weighted by atomic mass is 9.85. The normalized spacial score (nSPS) is 12.6. The van der Waals surface area contributed by atoms with Crippen LogP contribution in [0.4, 0.5) is 0 Å². The summed E-state index contributed by atoms with van der Waals surface area (Å²) in [6.07, 6.45) is 4.63. The highest BCUT2D eigenvalue weighted by molar-refractivity contribution is 6.17. The molecule has 0 aromatic heterocycles. The maximum Gasteiger partial charge on any atom is 0.161 e. The van der Waals surface area contributed by atoms with Crippen molar-refractivity contribution in [2.75, 3.05) is 65.3 Å². The molecule has 4 aromatic rings. The molecule has 0 saturated carbocycles. The lowest BCUT2D eigenvalue weighted by Crippen LogP contribution is -2.14. The highest BCUT2D eigenvalue weighted by atomic mass is 35.5. The molecule has 13 nitrogen and oxygen atoms in total. The number of hydrogen-bond acceptors (Lipinski definition) is 13. The van der Waals surface area contributed by atoms with Gasteiger partial charge < -0.3 is 64.5 Å². The van der Waals surface area contributed by atoms with Gasteiger partial charge in [-0.2, -0.15) is 0 Å². The standard InChI is InChI=1S/C26H38O8.C18H22O4.C4H7ClO/c1-19(15-21-3-5-23(31-11-7-27)25(17-21)33-13-9-29)20(2)16-22-4-6-24(32-12-8-28)26(18-22)34-14-10-30;1-11(7-13-3-5-15(19)17(21)9-13)12(2)8-14-4-6-16(20)18(22)10-14;1-2-6-4-3-5/h3-6,17-20,27-30H,7-16H2,1-2H3;3-6,9-12,19-22H,7-8H2,1-2H3;2H,1,3-4H2/t19-,20+;11-,12+;. The van der Waals surface area contributed by atoms with Crippen molar-refractivity contribution in [3.8, 4) is 46.0 Å². The molecule has 0 aliphatic carbocycles. The fourth-order valence-electron chi connectivity index (χ4n) is 6.26. The Bertz CT molecular complexity index is 1730. The van der Waals surface area contributed by atoms with Crippen molar-refractivity contribution in [3.05, 3.63) is 108 Å². The van der Waals surface area contributed by atoms with Crippen LogP contribution in [0, 0.1) is 23.7 Å². The van der Waals surface area contributed by atoms with Crippen molar-refractivity contribution < 1.29 is 64.5 Å². The molecule has 0 fully saturated rings. The van der Waals surface area contributed by atoms with E-state index in [1.807, 2.05) is 48.5 Å². The summed E-state index contributed by atoms with van der Waals surface area (Å²) < 4.78 is 26.9. The number of alkyl halides is 1. The molecule has 0 bridgehead atoms. The molecule has 344 valence electrons. The van der Waals surface area contributed by atoms with E-state index in [2.05, 4.69) is 39.0 Å². The van der Waals surface area contributed by atoms with Gasteiger partial charge in [0.05, 0.1) is 38.6 Å². The predicted molar refractivity (Wildman–Crippen MR) is 241 cm³/mol. The van der Waals surface area contributed by atoms with Gasteiger partial charge in [-0.05, 0) is 120 Å². The summed E-state index contributed by atoms with van der Waals surface area (Å²) in [4.78, 5) is 0. The molecule has 14 heteroatoms. The minimum Gasteiger partial charge on any atom is -0.504 e. The van der Waals surface area contributed by atoms with Crippen molar-refractivity contribution in [1.29, 1.82) is 0 Å². The van der Waals surface area contributed by atoms with Crippen LogP contribution >= 0.6 is 11.6 Å². The highest BCUT2D eigenvalue weighted by Crippen LogP contribution is 2.34. The first-order valence-electron chi connectivity index (χ1n) is 20.8. The van der Waals surface area contributed by atoms with Crippen LogP contribution < -0.4 is 18.9 Å². The third kappa shape index (κ3) is 19.8. The van der Waals surface area contributed by atoms with E-state index in [0.29, 0.717) is 59.2 Å². The van der Waals surface area contributed by atoms with Crippen LogP contribution in [-0.4, -0.2) is 106 Å². The Hall–Kier alpha value is -5.05. The first-order chi connectivity index (χ1) is 29.8. The largest absolute Gasteiger partial charge is 0.504 e. The van der Waals surface area contributed by atoms with Gasteiger partial charge in [-0.15, -0.1) is 11.6 Å². The monoisotopic (exact) mass is 886 g/mol. The minimum absolute atomic E-state index is 0.0863. The number of aliphatic hydroxyl groups is 4. The van der Waals surface area contributed by atoms with Gasteiger partial charge in [0.2, 0.25) is 0 Å². The lowest BCUT2D eigenvalue weighted by Gasteiger charge is -2.22. The number of ether oxygens (including phenoxy) is 5. The Kier molecular flexibility index (Phi) is 25.8. The number of aromatic hydroxyl groups is 4. The summed E-state index contributed by atoms with van der Waals surface area (Å²) in [6, 6.07) is 21.3. The average Bonchev–Trinajstić information content (AvgIpc) is 3.26. The Morgan fingerprint density at radius 3 is 1.03 bits per heavy atom. The van der Waals surface area contributed by atoms with E-state index >= 15 is 0 Å². The quantitative estimate of drug-likeness (QED) is 0.0144. The van der Waals surface area contributed by atoms with Gasteiger partial charge in [0.15, 0.2) is 46.0 Å². The molecule has 0 aliphatic rings. The van der Waals surface area contributed by atoms with E-state index in [-0.39, 0.29) is 75.9 Å². The molecular weight excluding hydrogens is 820 g/mol. The molecule has 0 spiro atoms. The lowest BCUT2D eigenvalue weighted by molar-refractivity contribution is 0.178. The zero-order valence-electron chi connectivity index (χ0n) is 36.4. The van der Waals surface area contributed by atoms with Crippen LogP contribution in [0.5, 0.6) is 46.0 Å². The molecule has 0 aliphatic heterocycles. The molecule has 8 N–H and O–H groups in total. The Morgan fingerprint density at radius 2 is 0.758 bits per heavy atom. The van der Waals surface area contributed by atoms with Gasteiger partial charge >= 0.3 is 0 Å². The molecule has 0 radical (unpaired) electrons. The molecule has 4 atom stereocenters. The fourth-order valence-corrected chi connectivity index (χ4v) is 6.35. The fraction of sp³-hybridized carbons (Fsp3) is 0.458. The summed E-state index contributed by atoms with van der Waals surface area (Å²) in [7, 11) is 0. The molecule has 62 heavy (non-hydrogen) atoms. The van der Waals surface area contributed by atoms with Crippen LogP contribution in [0.3, 0.4) is 0 Å². The molecule has 4 aromatic carbocycles. The Labute approximate surface area is 371 Å². The smallest absolute Gasteiger partial charge is 0.161 e. The van der Waals surface area contributed by atoms with Crippen molar-refractivity contribution >= 4 is 11.6 Å². The van der Waals surface area contributed by atoms with Crippen LogP contribution in [0.2, 0.25) is 0 Å². The second kappa shape index (κ2) is 30.1. The molecule has 0 saturated heterocycles. The van der Waals surface area contributed by atoms with Gasteiger partial charge in [0.1, 0.15) is 33.0 Å². The van der Waals surface area contributed by atoms with E-state index in [9.17, 15) is 20.4 Å². The highest BCUT2D eigenvalue weighted by Gasteiger charge is 2.18. The number of aliphatic hydroxyl groups excluding tert-OH is 4. The third-order valence-electron chi connectivity index (χ3n) is 9.98. The number of phenolic OH excluding ortho intramolecular Hbond substituents is 4. The van der Waals surface area contributed by atoms with Gasteiger partial charge in [-0.25, -0.2) is 0 Å². The van der Waals surface area contributed by atoms with E-state index in [4.69, 9.17) is 51.0 Å². The van der Waals surface area contributed by atoms with Crippen molar-refractivity contribution in [2.45, 2.75) is 53.4 Å². The average molecular weight is 888 g/mol. The van der Waals surface area contributed by atoms with E-state index in [0.717, 1.165) is 47.9 Å². The predicted octanol–water partition coefficient (Wildman–Crippen LogP) is 7.18. The van der Waals surface area contributed by atoms with Gasteiger partial charge in [-0.3, -0.25) is 0 Å². The summed E-state index contributed by atoms with van der Waals surface area (Å²) in [5.41, 5.74) is 4.15. The van der Waals surface area contributed by atoms with E-state index < -0.39 is 0 Å². The number of hydrogen-bond donors (Lipinski definition) is 8. The zero-order valence-corrected chi connectivity index (χ0v) is 37.2. The number of rotatable bonds is 25. The van der Waals surface area contributed by atoms with Crippen molar-refractivity contribution in [2.24, 2.45) is 23.7 Å². The summed E-state index contributed by atoms with van der Waals surface area (Å²) in [5, 5.41) is 74.0.